The van der Waals surface area contributed by atoms with Crippen LogP contribution in [0, 0.1) is 13.8 Å². The Kier molecular flexibility index (Phi) is 7.63. The van der Waals surface area contributed by atoms with Crippen molar-refractivity contribution in [3.63, 3.8) is 0 Å². The summed E-state index contributed by atoms with van der Waals surface area (Å²) in [6, 6.07) is 3.72. The van der Waals surface area contributed by atoms with Crippen LogP contribution in [-0.4, -0.2) is 88.5 Å². The van der Waals surface area contributed by atoms with E-state index in [1.54, 1.807) is 0 Å². The second kappa shape index (κ2) is 11.3. The molecule has 2 saturated heterocycles. The van der Waals surface area contributed by atoms with Gasteiger partial charge in [-0.05, 0) is 58.2 Å². The van der Waals surface area contributed by atoms with Gasteiger partial charge in [-0.15, -0.1) is 0 Å². The molecule has 0 aliphatic carbocycles. The third-order valence-corrected chi connectivity index (χ3v) is 8.13. The van der Waals surface area contributed by atoms with Crippen LogP contribution in [0.25, 0.3) is 0 Å². The van der Waals surface area contributed by atoms with E-state index in [4.69, 9.17) is 7.48 Å². The first-order valence-electron chi connectivity index (χ1n) is 14.0. The number of nitrogens with zero attached hydrogens (tertiary/aromatic N) is 5. The summed E-state index contributed by atoms with van der Waals surface area (Å²) >= 11 is 0. The van der Waals surface area contributed by atoms with Gasteiger partial charge in [0.1, 0.15) is 6.33 Å². The Balaban J connectivity index is 1.46. The molecule has 208 valence electrons. The van der Waals surface area contributed by atoms with Gasteiger partial charge in [-0.3, -0.25) is 14.6 Å². The van der Waals surface area contributed by atoms with E-state index in [-0.39, 0.29) is 17.5 Å². The molecule has 0 spiro atoms. The molecule has 2 aliphatic rings. The first-order valence-corrected chi connectivity index (χ1v) is 13.0. The fourth-order valence-corrected chi connectivity index (χ4v) is 5.71. The smallest absolute Gasteiger partial charge is 0.383 e. The Morgan fingerprint density at radius 2 is 1.74 bits per heavy atom. The summed E-state index contributed by atoms with van der Waals surface area (Å²) in [5.74, 6) is -0.0444. The Morgan fingerprint density at radius 3 is 2.26 bits per heavy atom. The molecule has 7 nitrogen and oxygen atoms in total. The summed E-state index contributed by atoms with van der Waals surface area (Å²) in [6.07, 6.45) is -1.41. The molecule has 2 aliphatic heterocycles. The number of rotatable bonds is 6. The van der Waals surface area contributed by atoms with Gasteiger partial charge in [0.25, 0.3) is 5.91 Å². The van der Waals surface area contributed by atoms with Gasteiger partial charge in [0.05, 0.1) is 37.9 Å². The highest BCUT2D eigenvalue weighted by Crippen LogP contribution is 2.35. The Bertz CT molecular complexity index is 1180. The minimum Gasteiger partial charge on any atom is -0.383 e. The van der Waals surface area contributed by atoms with Gasteiger partial charge in [0, 0.05) is 51.4 Å². The van der Waals surface area contributed by atoms with Crippen LogP contribution in [0.5, 0.6) is 0 Å². The predicted octanol–water partition coefficient (Wildman–Crippen LogP) is 4.50. The van der Waals surface area contributed by atoms with E-state index in [1.165, 1.54) is 25.6 Å². The molecule has 1 aromatic heterocycles. The van der Waals surface area contributed by atoms with E-state index < -0.39 is 24.3 Å². The van der Waals surface area contributed by atoms with Crippen LogP contribution in [0.4, 0.5) is 13.2 Å². The normalized spacial score (nSPS) is 23.1. The maximum Gasteiger partial charge on any atom is 0.416 e. The second-order valence-electron chi connectivity index (χ2n) is 10.6. The maximum absolute atomic E-state index is 13.2. The SMILES string of the molecule is [2H]C([2H])(OC)[C@@H](c1ccc(C(F)(F)F)cc1)N1CCN(C2(C)CCN(C(=O)c3c(C)ncnc3C)CC2)C[C@@H]1C. The Hall–Kier alpha value is -2.56. The average Bonchev–Trinajstić information content (AvgIpc) is 2.89. The van der Waals surface area contributed by atoms with E-state index in [9.17, 15) is 18.0 Å². The number of ether oxygens (including phenoxy) is 1. The van der Waals surface area contributed by atoms with Crippen LogP contribution >= 0.6 is 0 Å². The van der Waals surface area contributed by atoms with E-state index in [0.717, 1.165) is 25.0 Å². The van der Waals surface area contributed by atoms with Gasteiger partial charge in [0.15, 0.2) is 0 Å². The zero-order chi connectivity index (χ0) is 29.5. The maximum atomic E-state index is 13.2. The summed E-state index contributed by atoms with van der Waals surface area (Å²) in [5, 5.41) is 0. The third kappa shape index (κ3) is 5.87. The van der Waals surface area contributed by atoms with Gasteiger partial charge >= 0.3 is 6.18 Å². The number of hydrogen-bond acceptors (Lipinski definition) is 6. The van der Waals surface area contributed by atoms with Crippen LogP contribution in [0.3, 0.4) is 0 Å². The Labute approximate surface area is 225 Å². The van der Waals surface area contributed by atoms with Crippen molar-refractivity contribution in [1.29, 1.82) is 0 Å². The molecular formula is C28H38F3N5O2. The van der Waals surface area contributed by atoms with Crippen LogP contribution < -0.4 is 0 Å². The predicted molar refractivity (Wildman–Crippen MR) is 139 cm³/mol. The number of piperidine rings is 1. The molecule has 0 unspecified atom stereocenters. The highest BCUT2D eigenvalue weighted by molar-refractivity contribution is 5.96. The number of likely N-dealkylation sites (tertiary alicyclic amines) is 1. The van der Waals surface area contributed by atoms with Crippen LogP contribution in [-0.2, 0) is 10.9 Å². The fourth-order valence-electron chi connectivity index (χ4n) is 5.71. The quantitative estimate of drug-likeness (QED) is 0.543. The average molecular weight is 536 g/mol. The molecule has 0 radical (unpaired) electrons. The number of amides is 1. The van der Waals surface area contributed by atoms with Crippen molar-refractivity contribution in [3.8, 4) is 0 Å². The van der Waals surface area contributed by atoms with Crippen molar-refractivity contribution in [2.45, 2.75) is 64.3 Å². The number of alkyl halides is 3. The lowest BCUT2D eigenvalue weighted by atomic mass is 9.86. The van der Waals surface area contributed by atoms with Crippen LogP contribution in [0.1, 0.15) is 68.3 Å². The summed E-state index contributed by atoms with van der Waals surface area (Å²) in [4.78, 5) is 27.9. The van der Waals surface area contributed by atoms with Gasteiger partial charge < -0.3 is 9.64 Å². The number of carbonyl (C=O) groups excluding carboxylic acids is 1. The van der Waals surface area contributed by atoms with E-state index in [0.29, 0.717) is 55.2 Å². The molecule has 4 rings (SSSR count). The molecule has 2 atom stereocenters. The monoisotopic (exact) mass is 535 g/mol. The largest absolute Gasteiger partial charge is 0.416 e. The molecule has 1 amide bonds. The standard InChI is InChI=1S/C28H38F3N5O2/c1-19-16-35(14-15-36(19)24(17-38-5)22-6-8-23(9-7-22)28(29,30)31)27(4)10-12-34(13-11-27)26(37)25-20(2)32-18-33-21(25)3/h6-9,18-19,24H,10-17H2,1-5H3/t19-,24-/m0/s1/i17D2. The van der Waals surface area contributed by atoms with E-state index in [2.05, 4.69) is 21.8 Å². The van der Waals surface area contributed by atoms with Crippen molar-refractivity contribution in [1.82, 2.24) is 24.7 Å². The lowest BCUT2D eigenvalue weighted by Gasteiger charge is -2.52. The van der Waals surface area contributed by atoms with E-state index >= 15 is 0 Å². The zero-order valence-corrected chi connectivity index (χ0v) is 22.7. The number of aromatic nitrogens is 2. The minimum atomic E-state index is -4.46. The summed E-state index contributed by atoms with van der Waals surface area (Å²) < 4.78 is 61.7. The first-order chi connectivity index (χ1) is 18.7. The fraction of sp³-hybridized carbons (Fsp3) is 0.607. The molecule has 0 N–H and O–H groups in total. The van der Waals surface area contributed by atoms with Gasteiger partial charge in [-0.2, -0.15) is 13.2 Å². The second-order valence-corrected chi connectivity index (χ2v) is 10.6. The molecule has 1 aromatic carbocycles. The number of aryl methyl sites for hydroxylation is 2. The van der Waals surface area contributed by atoms with Crippen molar-refractivity contribution in [3.05, 3.63) is 58.7 Å². The molecular weight excluding hydrogens is 495 g/mol. The number of methoxy groups -OCH3 is 1. The zero-order valence-electron chi connectivity index (χ0n) is 24.7. The molecule has 0 saturated carbocycles. The van der Waals surface area contributed by atoms with Crippen molar-refractivity contribution in [2.24, 2.45) is 0 Å². The number of carbonyl (C=O) groups is 1. The number of hydrogen-bond donors (Lipinski definition) is 0. The van der Waals surface area contributed by atoms with Crippen molar-refractivity contribution in [2.75, 3.05) is 46.4 Å². The van der Waals surface area contributed by atoms with Gasteiger partial charge in [0.2, 0.25) is 0 Å². The van der Waals surface area contributed by atoms with Gasteiger partial charge in [-0.25, -0.2) is 9.97 Å². The van der Waals surface area contributed by atoms with Gasteiger partial charge in [-0.1, -0.05) is 12.1 Å². The van der Waals surface area contributed by atoms with E-state index in [1.807, 2.05) is 30.6 Å². The molecule has 2 aromatic rings. The summed E-state index contributed by atoms with van der Waals surface area (Å²) in [6.45, 7) is 8.82. The highest BCUT2D eigenvalue weighted by atomic mass is 19.4. The molecule has 2 fully saturated rings. The first kappa shape index (κ1) is 25.7. The van der Waals surface area contributed by atoms with Crippen molar-refractivity contribution >= 4 is 5.91 Å². The van der Waals surface area contributed by atoms with Crippen molar-refractivity contribution < 1.29 is 25.4 Å². The van der Waals surface area contributed by atoms with Crippen LogP contribution in [0.2, 0.25) is 0 Å². The summed E-state index contributed by atoms with van der Waals surface area (Å²) in [7, 11) is 1.28. The third-order valence-electron chi connectivity index (χ3n) is 8.13. The topological polar surface area (TPSA) is 61.8 Å². The number of benzene rings is 1. The molecule has 3 heterocycles. The lowest BCUT2D eigenvalue weighted by molar-refractivity contribution is -0.137. The number of piperazine rings is 1. The molecule has 0 bridgehead atoms. The molecule has 38 heavy (non-hydrogen) atoms. The number of halogens is 3. The molecule has 10 heteroatoms. The highest BCUT2D eigenvalue weighted by Gasteiger charge is 2.41. The lowest BCUT2D eigenvalue weighted by Crippen LogP contribution is -2.62. The minimum absolute atomic E-state index is 0.0444. The Morgan fingerprint density at radius 1 is 1.13 bits per heavy atom. The van der Waals surface area contributed by atoms with Crippen LogP contribution in [0.15, 0.2) is 30.6 Å². The summed E-state index contributed by atoms with van der Waals surface area (Å²) in [5.41, 5.74) is 1.44.